The Kier molecular flexibility index (Phi) is 7.61. The Labute approximate surface area is 151 Å². The molecule has 1 atom stereocenters. The molecule has 0 spiro atoms. The van der Waals surface area contributed by atoms with Gasteiger partial charge < -0.3 is 9.64 Å². The topological polar surface area (TPSA) is 59.5 Å². The molecule has 0 aliphatic rings. The second-order valence-corrected chi connectivity index (χ2v) is 5.93. The number of carbonyl (C=O) groups excluding carboxylic acids is 2. The maximum absolute atomic E-state index is 12.6. The summed E-state index contributed by atoms with van der Waals surface area (Å²) in [5, 5.41) is 0. The third kappa shape index (κ3) is 7.83. The molecule has 0 radical (unpaired) electrons. The van der Waals surface area contributed by atoms with Crippen molar-refractivity contribution in [2.24, 2.45) is 5.92 Å². The molecule has 5 nitrogen and oxygen atoms in total. The first-order valence-electron chi connectivity index (χ1n) is 7.88. The van der Waals surface area contributed by atoms with Crippen molar-refractivity contribution in [2.75, 3.05) is 13.2 Å². The van der Waals surface area contributed by atoms with Gasteiger partial charge in [-0.15, -0.1) is 0 Å². The lowest BCUT2D eigenvalue weighted by atomic mass is 10.1. The van der Waals surface area contributed by atoms with Crippen molar-refractivity contribution in [3.63, 3.8) is 0 Å². The maximum Gasteiger partial charge on any atom is 0.422 e. The molecular weight excluding hydrogens is 382 g/mol. The van der Waals surface area contributed by atoms with Crippen molar-refractivity contribution in [3.05, 3.63) is 29.6 Å². The van der Waals surface area contributed by atoms with Crippen molar-refractivity contribution in [1.82, 2.24) is 9.88 Å². The lowest BCUT2D eigenvalue weighted by Crippen LogP contribution is -2.40. The van der Waals surface area contributed by atoms with Crippen LogP contribution >= 0.6 is 0 Å². The third-order valence-electron chi connectivity index (χ3n) is 3.56. The summed E-state index contributed by atoms with van der Waals surface area (Å²) in [6.07, 6.45) is -8.20. The highest BCUT2D eigenvalue weighted by Crippen LogP contribution is 2.28. The number of halogens is 6. The zero-order chi connectivity index (χ0) is 20.8. The Morgan fingerprint density at radius 2 is 1.81 bits per heavy atom. The van der Waals surface area contributed by atoms with Crippen LogP contribution in [0.1, 0.15) is 31.5 Å². The van der Waals surface area contributed by atoms with Crippen LogP contribution in [0, 0.1) is 5.92 Å². The largest absolute Gasteiger partial charge is 0.449 e. The molecule has 1 aromatic rings. The molecule has 1 heterocycles. The van der Waals surface area contributed by atoms with Crippen LogP contribution in [0.3, 0.4) is 0 Å². The number of carbonyl (C=O) groups is 2. The minimum atomic E-state index is -4.79. The molecule has 1 unspecified atom stereocenters. The quantitative estimate of drug-likeness (QED) is 0.416. The SMILES string of the molecule is CCC(C)CN(Cc1ccc(C(F)(F)F)cn1)C(=O)C(=O)OCC(F)(F)F. The predicted molar refractivity (Wildman–Crippen MR) is 81.1 cm³/mol. The van der Waals surface area contributed by atoms with Gasteiger partial charge in [-0.2, -0.15) is 26.3 Å². The molecule has 0 aliphatic carbocycles. The highest BCUT2D eigenvalue weighted by atomic mass is 19.4. The number of hydrogen-bond acceptors (Lipinski definition) is 4. The minimum Gasteiger partial charge on any atom is -0.449 e. The Morgan fingerprint density at radius 1 is 1.19 bits per heavy atom. The van der Waals surface area contributed by atoms with Gasteiger partial charge in [-0.05, 0) is 18.1 Å². The van der Waals surface area contributed by atoms with Crippen LogP contribution in [-0.4, -0.2) is 41.1 Å². The number of ether oxygens (including phenoxy) is 1. The monoisotopic (exact) mass is 400 g/mol. The van der Waals surface area contributed by atoms with Crippen molar-refractivity contribution < 1.29 is 40.7 Å². The van der Waals surface area contributed by atoms with E-state index in [0.717, 1.165) is 17.0 Å². The Balaban J connectivity index is 2.90. The van der Waals surface area contributed by atoms with Crippen LogP contribution < -0.4 is 0 Å². The predicted octanol–water partition coefficient (Wildman–Crippen LogP) is 3.58. The van der Waals surface area contributed by atoms with Crippen molar-refractivity contribution in [3.8, 4) is 0 Å². The van der Waals surface area contributed by atoms with Crippen LogP contribution in [0.4, 0.5) is 26.3 Å². The van der Waals surface area contributed by atoms with Gasteiger partial charge in [0.15, 0.2) is 6.61 Å². The molecule has 0 saturated carbocycles. The normalized spacial score (nSPS) is 13.2. The Morgan fingerprint density at radius 3 is 2.26 bits per heavy atom. The standard InChI is InChI=1S/C16H18F6N2O3/c1-3-10(2)7-24(13(25)14(26)27-9-15(17,18)19)8-12-5-4-11(6-23-12)16(20,21)22/h4-6,10H,3,7-9H2,1-2H3. The summed E-state index contributed by atoms with van der Waals surface area (Å²) in [5.41, 5.74) is -0.945. The van der Waals surface area contributed by atoms with E-state index in [1.54, 1.807) is 13.8 Å². The zero-order valence-corrected chi connectivity index (χ0v) is 14.5. The van der Waals surface area contributed by atoms with E-state index in [0.29, 0.717) is 12.6 Å². The number of amides is 1. The molecule has 0 bridgehead atoms. The average Bonchev–Trinajstić information content (AvgIpc) is 2.57. The van der Waals surface area contributed by atoms with Gasteiger partial charge in [0.1, 0.15) is 0 Å². The summed E-state index contributed by atoms with van der Waals surface area (Å²) in [6, 6.07) is 1.79. The van der Waals surface area contributed by atoms with Gasteiger partial charge in [-0.25, -0.2) is 4.79 Å². The van der Waals surface area contributed by atoms with Gasteiger partial charge in [0.25, 0.3) is 0 Å². The van der Waals surface area contributed by atoms with Crippen LogP contribution in [-0.2, 0) is 27.0 Å². The highest BCUT2D eigenvalue weighted by Gasteiger charge is 2.33. The van der Waals surface area contributed by atoms with E-state index in [1.807, 2.05) is 0 Å². The van der Waals surface area contributed by atoms with Crippen molar-refractivity contribution in [2.45, 2.75) is 39.2 Å². The summed E-state index contributed by atoms with van der Waals surface area (Å²) in [7, 11) is 0. The molecule has 27 heavy (non-hydrogen) atoms. The smallest absolute Gasteiger partial charge is 0.422 e. The van der Waals surface area contributed by atoms with Gasteiger partial charge in [0, 0.05) is 12.7 Å². The number of rotatable bonds is 6. The molecule has 0 fully saturated rings. The molecule has 152 valence electrons. The lowest BCUT2D eigenvalue weighted by Gasteiger charge is -2.24. The molecule has 0 saturated heterocycles. The van der Waals surface area contributed by atoms with Gasteiger partial charge >= 0.3 is 24.2 Å². The molecule has 0 aliphatic heterocycles. The molecule has 0 aromatic carbocycles. The first kappa shape index (κ1) is 22.7. The van der Waals surface area contributed by atoms with E-state index in [9.17, 15) is 35.9 Å². The highest BCUT2D eigenvalue weighted by molar-refractivity contribution is 6.32. The van der Waals surface area contributed by atoms with E-state index < -0.39 is 36.4 Å². The lowest BCUT2D eigenvalue weighted by molar-refractivity contribution is -0.189. The van der Waals surface area contributed by atoms with E-state index in [4.69, 9.17) is 0 Å². The summed E-state index contributed by atoms with van der Waals surface area (Å²) in [5.74, 6) is -3.12. The molecule has 1 rings (SSSR count). The summed E-state index contributed by atoms with van der Waals surface area (Å²) < 4.78 is 78.0. The first-order chi connectivity index (χ1) is 12.3. The van der Waals surface area contributed by atoms with Crippen LogP contribution in [0.25, 0.3) is 0 Å². The molecule has 1 aromatic heterocycles. The molecule has 0 N–H and O–H groups in total. The van der Waals surface area contributed by atoms with Gasteiger partial charge in [0.05, 0.1) is 17.8 Å². The van der Waals surface area contributed by atoms with Crippen LogP contribution in [0.15, 0.2) is 18.3 Å². The van der Waals surface area contributed by atoms with E-state index in [1.165, 1.54) is 0 Å². The molecule has 1 amide bonds. The molecular formula is C16H18F6N2O3. The van der Waals surface area contributed by atoms with E-state index in [2.05, 4.69) is 9.72 Å². The summed E-state index contributed by atoms with van der Waals surface area (Å²) in [6.45, 7) is 1.28. The second-order valence-electron chi connectivity index (χ2n) is 5.93. The fourth-order valence-corrected chi connectivity index (χ4v) is 1.94. The maximum atomic E-state index is 12.6. The number of aromatic nitrogens is 1. The first-order valence-corrected chi connectivity index (χ1v) is 7.88. The van der Waals surface area contributed by atoms with Gasteiger partial charge in [0.2, 0.25) is 0 Å². The van der Waals surface area contributed by atoms with Gasteiger partial charge in [-0.3, -0.25) is 9.78 Å². The Hall–Kier alpha value is -2.33. The summed E-state index contributed by atoms with van der Waals surface area (Å²) >= 11 is 0. The fourth-order valence-electron chi connectivity index (χ4n) is 1.94. The number of hydrogen-bond donors (Lipinski definition) is 0. The molecule has 11 heteroatoms. The zero-order valence-electron chi connectivity index (χ0n) is 14.5. The van der Waals surface area contributed by atoms with Crippen LogP contribution in [0.5, 0.6) is 0 Å². The number of nitrogens with zero attached hydrogens (tertiary/aromatic N) is 2. The summed E-state index contributed by atoms with van der Waals surface area (Å²) in [4.78, 5) is 28.2. The minimum absolute atomic E-state index is 0.000840. The van der Waals surface area contributed by atoms with Crippen LogP contribution in [0.2, 0.25) is 0 Å². The van der Waals surface area contributed by atoms with Crippen molar-refractivity contribution >= 4 is 11.9 Å². The Bertz CT molecular complexity index is 643. The fraction of sp³-hybridized carbons (Fsp3) is 0.562. The second kappa shape index (κ2) is 9.05. The van der Waals surface area contributed by atoms with E-state index in [-0.39, 0.29) is 24.7 Å². The number of pyridine rings is 1. The van der Waals surface area contributed by atoms with Gasteiger partial charge in [-0.1, -0.05) is 20.3 Å². The van der Waals surface area contributed by atoms with Crippen molar-refractivity contribution in [1.29, 1.82) is 0 Å². The number of esters is 1. The number of alkyl halides is 6. The average molecular weight is 400 g/mol. The van der Waals surface area contributed by atoms with E-state index >= 15 is 0 Å². The third-order valence-corrected chi connectivity index (χ3v) is 3.56.